The van der Waals surface area contributed by atoms with Gasteiger partial charge in [-0.05, 0) is 26.2 Å². The third kappa shape index (κ3) is 2.79. The summed E-state index contributed by atoms with van der Waals surface area (Å²) in [6, 6.07) is 0. The summed E-state index contributed by atoms with van der Waals surface area (Å²) in [6.07, 6.45) is 4.84. The normalized spacial score (nSPS) is 36.8. The van der Waals surface area contributed by atoms with Crippen molar-refractivity contribution < 1.29 is 14.3 Å². The van der Waals surface area contributed by atoms with Gasteiger partial charge >= 0.3 is 0 Å². The van der Waals surface area contributed by atoms with Crippen molar-refractivity contribution in [3.05, 3.63) is 0 Å². The first kappa shape index (κ1) is 10.1. The van der Waals surface area contributed by atoms with E-state index < -0.39 is 0 Å². The molecule has 0 N–H and O–H groups in total. The van der Waals surface area contributed by atoms with Crippen molar-refractivity contribution >= 4 is 5.78 Å². The summed E-state index contributed by atoms with van der Waals surface area (Å²) in [5, 5.41) is 0. The molecule has 1 saturated carbocycles. The van der Waals surface area contributed by atoms with E-state index in [1.54, 1.807) is 6.92 Å². The lowest BCUT2D eigenvalue weighted by atomic mass is 9.85. The van der Waals surface area contributed by atoms with Gasteiger partial charge in [-0.25, -0.2) is 0 Å². The van der Waals surface area contributed by atoms with Gasteiger partial charge in [-0.2, -0.15) is 0 Å². The molecule has 1 saturated heterocycles. The van der Waals surface area contributed by atoms with E-state index in [-0.39, 0.29) is 5.92 Å². The van der Waals surface area contributed by atoms with Crippen molar-refractivity contribution in [2.75, 3.05) is 13.2 Å². The molecule has 0 aromatic carbocycles. The molecule has 0 radical (unpaired) electrons. The quantitative estimate of drug-likeness (QED) is 0.643. The molecule has 2 rings (SSSR count). The molecule has 0 aromatic rings. The smallest absolute Gasteiger partial charge is 0.133 e. The maximum atomic E-state index is 11.2. The number of ketones is 1. The third-order valence-electron chi connectivity index (χ3n) is 3.12. The van der Waals surface area contributed by atoms with Crippen LogP contribution in [0.5, 0.6) is 0 Å². The summed E-state index contributed by atoms with van der Waals surface area (Å²) < 4.78 is 10.8. The van der Waals surface area contributed by atoms with Crippen LogP contribution >= 0.6 is 0 Å². The summed E-state index contributed by atoms with van der Waals surface area (Å²) in [5.41, 5.74) is 0. The highest BCUT2D eigenvalue weighted by atomic mass is 16.6. The maximum absolute atomic E-state index is 11.2. The molecule has 1 aliphatic carbocycles. The summed E-state index contributed by atoms with van der Waals surface area (Å²) in [5.74, 6) is 0.565. The highest BCUT2D eigenvalue weighted by Crippen LogP contribution is 2.27. The van der Waals surface area contributed by atoms with Gasteiger partial charge in [0.25, 0.3) is 0 Å². The maximum Gasteiger partial charge on any atom is 0.133 e. The van der Waals surface area contributed by atoms with Crippen LogP contribution in [-0.2, 0) is 14.3 Å². The largest absolute Gasteiger partial charge is 0.375 e. The van der Waals surface area contributed by atoms with Gasteiger partial charge in [0.1, 0.15) is 11.9 Å². The fourth-order valence-electron chi connectivity index (χ4n) is 2.07. The van der Waals surface area contributed by atoms with Crippen molar-refractivity contribution in [3.63, 3.8) is 0 Å². The van der Waals surface area contributed by atoms with Gasteiger partial charge in [0.15, 0.2) is 0 Å². The van der Waals surface area contributed by atoms with Gasteiger partial charge in [0.05, 0.1) is 19.3 Å². The Hall–Kier alpha value is -0.410. The summed E-state index contributed by atoms with van der Waals surface area (Å²) in [6.45, 7) is 3.26. The molecule has 80 valence electrons. The van der Waals surface area contributed by atoms with E-state index in [1.165, 1.54) is 0 Å². The first-order chi connectivity index (χ1) is 6.75. The van der Waals surface area contributed by atoms with E-state index in [2.05, 4.69) is 0 Å². The SMILES string of the molecule is CC(=O)C1CCCC(OC[C@H]2CO2)C1. The number of Topliss-reactive ketones (excluding diaryl/α,β-unsaturated/α-hetero) is 1. The zero-order valence-corrected chi connectivity index (χ0v) is 8.70. The molecular weight excluding hydrogens is 180 g/mol. The van der Waals surface area contributed by atoms with Gasteiger partial charge < -0.3 is 9.47 Å². The van der Waals surface area contributed by atoms with E-state index in [9.17, 15) is 4.79 Å². The van der Waals surface area contributed by atoms with Gasteiger partial charge in [0, 0.05) is 5.92 Å². The number of ether oxygens (including phenoxy) is 2. The molecule has 2 fully saturated rings. The van der Waals surface area contributed by atoms with Crippen LogP contribution in [0.4, 0.5) is 0 Å². The zero-order chi connectivity index (χ0) is 9.97. The fraction of sp³-hybridized carbons (Fsp3) is 0.909. The van der Waals surface area contributed by atoms with Crippen LogP contribution in [-0.4, -0.2) is 31.2 Å². The van der Waals surface area contributed by atoms with Crippen molar-refractivity contribution in [1.82, 2.24) is 0 Å². The summed E-state index contributed by atoms with van der Waals surface area (Å²) >= 11 is 0. The minimum Gasteiger partial charge on any atom is -0.375 e. The highest BCUT2D eigenvalue weighted by molar-refractivity contribution is 5.78. The minimum atomic E-state index is 0.244. The molecule has 0 bridgehead atoms. The van der Waals surface area contributed by atoms with Gasteiger partial charge in [-0.3, -0.25) is 4.79 Å². The predicted molar refractivity (Wildman–Crippen MR) is 52.1 cm³/mol. The fourth-order valence-corrected chi connectivity index (χ4v) is 2.07. The molecule has 2 aliphatic rings. The average Bonchev–Trinajstić information content (AvgIpc) is 2.99. The van der Waals surface area contributed by atoms with E-state index in [4.69, 9.17) is 9.47 Å². The molecule has 3 atom stereocenters. The number of hydrogen-bond acceptors (Lipinski definition) is 3. The molecule has 14 heavy (non-hydrogen) atoms. The molecule has 3 nitrogen and oxygen atoms in total. The van der Waals surface area contributed by atoms with Crippen LogP contribution in [0.3, 0.4) is 0 Å². The molecule has 2 unspecified atom stereocenters. The van der Waals surface area contributed by atoms with Crippen molar-refractivity contribution in [2.45, 2.75) is 44.8 Å². The Morgan fingerprint density at radius 3 is 2.93 bits per heavy atom. The Labute approximate surface area is 84.8 Å². The standard InChI is InChI=1S/C11H18O3/c1-8(12)9-3-2-4-10(5-9)13-6-11-7-14-11/h9-11H,2-7H2,1H3/t9?,10?,11-/m0/s1. The second-order valence-corrected chi connectivity index (χ2v) is 4.38. The van der Waals surface area contributed by atoms with Crippen molar-refractivity contribution in [2.24, 2.45) is 5.92 Å². The van der Waals surface area contributed by atoms with Crippen LogP contribution in [0.15, 0.2) is 0 Å². The Bertz CT molecular complexity index is 211. The Kier molecular flexibility index (Phi) is 3.19. The second kappa shape index (κ2) is 4.41. The minimum absolute atomic E-state index is 0.244. The molecule has 0 spiro atoms. The van der Waals surface area contributed by atoms with E-state index in [0.29, 0.717) is 18.0 Å². The number of epoxide rings is 1. The van der Waals surface area contributed by atoms with Crippen LogP contribution in [0, 0.1) is 5.92 Å². The lowest BCUT2D eigenvalue weighted by molar-refractivity contribution is -0.123. The molecule has 1 aliphatic heterocycles. The van der Waals surface area contributed by atoms with E-state index in [1.807, 2.05) is 0 Å². The first-order valence-electron chi connectivity index (χ1n) is 5.49. The van der Waals surface area contributed by atoms with Crippen molar-refractivity contribution in [3.8, 4) is 0 Å². The van der Waals surface area contributed by atoms with Gasteiger partial charge in [-0.15, -0.1) is 0 Å². The molecule has 0 aromatic heterocycles. The van der Waals surface area contributed by atoms with Crippen molar-refractivity contribution in [1.29, 1.82) is 0 Å². The van der Waals surface area contributed by atoms with Crippen LogP contribution in [0.1, 0.15) is 32.6 Å². The Balaban J connectivity index is 1.72. The Morgan fingerprint density at radius 1 is 1.50 bits per heavy atom. The average molecular weight is 198 g/mol. The second-order valence-electron chi connectivity index (χ2n) is 4.38. The number of hydrogen-bond donors (Lipinski definition) is 0. The lowest BCUT2D eigenvalue weighted by Gasteiger charge is -2.27. The van der Waals surface area contributed by atoms with Crippen LogP contribution < -0.4 is 0 Å². The van der Waals surface area contributed by atoms with Crippen LogP contribution in [0.25, 0.3) is 0 Å². The molecule has 0 amide bonds. The van der Waals surface area contributed by atoms with E-state index >= 15 is 0 Å². The topological polar surface area (TPSA) is 38.8 Å². The Morgan fingerprint density at radius 2 is 2.29 bits per heavy atom. The summed E-state index contributed by atoms with van der Waals surface area (Å²) in [4.78, 5) is 11.2. The molecule has 3 heteroatoms. The summed E-state index contributed by atoms with van der Waals surface area (Å²) in [7, 11) is 0. The number of carbonyl (C=O) groups is 1. The molecular formula is C11H18O3. The van der Waals surface area contributed by atoms with Gasteiger partial charge in [-0.1, -0.05) is 6.42 Å². The monoisotopic (exact) mass is 198 g/mol. The van der Waals surface area contributed by atoms with Gasteiger partial charge in [0.2, 0.25) is 0 Å². The lowest BCUT2D eigenvalue weighted by Crippen LogP contribution is -2.27. The predicted octanol–water partition coefficient (Wildman–Crippen LogP) is 1.55. The first-order valence-corrected chi connectivity index (χ1v) is 5.49. The number of carbonyl (C=O) groups excluding carboxylic acids is 1. The third-order valence-corrected chi connectivity index (χ3v) is 3.12. The van der Waals surface area contributed by atoms with E-state index in [0.717, 1.165) is 38.9 Å². The number of rotatable bonds is 4. The van der Waals surface area contributed by atoms with Crippen LogP contribution in [0.2, 0.25) is 0 Å². The zero-order valence-electron chi connectivity index (χ0n) is 8.70. The molecule has 1 heterocycles. The highest BCUT2D eigenvalue weighted by Gasteiger charge is 2.28.